The molecule has 0 aromatic rings. The van der Waals surface area contributed by atoms with Crippen molar-refractivity contribution in [2.45, 2.75) is 30.7 Å². The smallest absolute Gasteiger partial charge is 0.348 e. The number of esters is 2. The number of allylic oxidation sites excluding steroid dienone is 1. The average Bonchev–Trinajstić information content (AvgIpc) is 2.51. The number of halogens is 1. The van der Waals surface area contributed by atoms with Crippen LogP contribution in [-0.4, -0.2) is 28.8 Å². The fraction of sp³-hybridized carbons (Fsp3) is 0.455. The lowest BCUT2D eigenvalue weighted by atomic mass is 10.2. The molecule has 0 radical (unpaired) electrons. The Morgan fingerprint density at radius 2 is 1.89 bits per heavy atom. The summed E-state index contributed by atoms with van der Waals surface area (Å²) in [5, 5.41) is -0.378. The number of carbonyl (C=O) groups excluding carboxylic acids is 2. The molecule has 0 aromatic carbocycles. The summed E-state index contributed by atoms with van der Waals surface area (Å²) in [6.45, 7) is 2.96. The molecule has 0 amide bonds. The van der Waals surface area contributed by atoms with Crippen molar-refractivity contribution in [3.8, 4) is 0 Å². The first-order valence-electron chi connectivity index (χ1n) is 5.25. The molecule has 2 aliphatic rings. The molecule has 7 heteroatoms. The number of ether oxygens (including phenoxy) is 3. The van der Waals surface area contributed by atoms with Crippen molar-refractivity contribution in [1.82, 2.24) is 0 Å². The lowest BCUT2D eigenvalue weighted by Crippen LogP contribution is -2.41. The van der Waals surface area contributed by atoms with Gasteiger partial charge in [-0.1, -0.05) is 0 Å². The summed E-state index contributed by atoms with van der Waals surface area (Å²) in [6.07, 6.45) is 2.85. The van der Waals surface area contributed by atoms with Gasteiger partial charge >= 0.3 is 11.9 Å². The molecule has 2 N–H and O–H groups in total. The van der Waals surface area contributed by atoms with Crippen LogP contribution in [0.25, 0.3) is 0 Å². The van der Waals surface area contributed by atoms with E-state index in [1.807, 2.05) is 0 Å². The van der Waals surface area contributed by atoms with E-state index in [9.17, 15) is 9.59 Å². The van der Waals surface area contributed by atoms with E-state index in [2.05, 4.69) is 15.9 Å². The molecule has 0 spiro atoms. The second-order valence-electron chi connectivity index (χ2n) is 4.35. The molecule has 0 bridgehead atoms. The van der Waals surface area contributed by atoms with Crippen molar-refractivity contribution < 1.29 is 23.8 Å². The number of carbonyl (C=O) groups is 2. The Balaban J connectivity index is 2.22. The van der Waals surface area contributed by atoms with Crippen LogP contribution in [-0.2, 0) is 23.8 Å². The van der Waals surface area contributed by atoms with E-state index in [-0.39, 0.29) is 16.6 Å². The summed E-state index contributed by atoms with van der Waals surface area (Å²) in [6, 6.07) is -0.344. The van der Waals surface area contributed by atoms with Gasteiger partial charge in [0.1, 0.15) is 11.3 Å². The first kappa shape index (κ1) is 13.1. The fourth-order valence-corrected chi connectivity index (χ4v) is 1.88. The molecule has 1 fully saturated rings. The lowest BCUT2D eigenvalue weighted by molar-refractivity contribution is -0.222. The Hall–Kier alpha value is -1.34. The third kappa shape index (κ3) is 2.56. The Kier molecular flexibility index (Phi) is 3.20. The SMILES string of the molecule is CC1(C)OC(=O)C(=CC2=CC(N)C(Br)O2)C(=O)O1. The normalized spacial score (nSPS) is 30.2. The topological polar surface area (TPSA) is 87.9 Å². The number of hydrogen-bond acceptors (Lipinski definition) is 6. The summed E-state index contributed by atoms with van der Waals surface area (Å²) in [7, 11) is 0. The van der Waals surface area contributed by atoms with Gasteiger partial charge in [0.2, 0.25) is 0 Å². The summed E-state index contributed by atoms with van der Waals surface area (Å²) in [5.74, 6) is -2.40. The van der Waals surface area contributed by atoms with Gasteiger partial charge in [-0.3, -0.25) is 0 Å². The predicted octanol–water partition coefficient (Wildman–Crippen LogP) is 0.711. The first-order chi connectivity index (χ1) is 8.28. The van der Waals surface area contributed by atoms with Gasteiger partial charge in [-0.05, 0) is 22.0 Å². The molecule has 2 atom stereocenters. The zero-order valence-corrected chi connectivity index (χ0v) is 11.4. The van der Waals surface area contributed by atoms with Crippen molar-refractivity contribution in [3.05, 3.63) is 23.5 Å². The molecule has 0 aromatic heterocycles. The lowest BCUT2D eigenvalue weighted by Gasteiger charge is -2.29. The van der Waals surface area contributed by atoms with E-state index in [1.54, 1.807) is 6.08 Å². The zero-order chi connectivity index (χ0) is 13.5. The van der Waals surface area contributed by atoms with Crippen molar-refractivity contribution in [2.75, 3.05) is 0 Å². The highest BCUT2D eigenvalue weighted by molar-refractivity contribution is 9.09. The molecule has 2 rings (SSSR count). The summed E-state index contributed by atoms with van der Waals surface area (Å²) in [5.41, 5.74) is 5.46. The molecule has 0 saturated carbocycles. The Bertz CT molecular complexity index is 446. The van der Waals surface area contributed by atoms with Gasteiger partial charge in [0.05, 0.1) is 6.04 Å². The Morgan fingerprint density at radius 1 is 1.33 bits per heavy atom. The van der Waals surface area contributed by atoms with E-state index < -0.39 is 17.7 Å². The van der Waals surface area contributed by atoms with Crippen molar-refractivity contribution >= 4 is 27.9 Å². The van der Waals surface area contributed by atoms with E-state index in [4.69, 9.17) is 19.9 Å². The molecule has 0 aliphatic carbocycles. The van der Waals surface area contributed by atoms with Gasteiger partial charge in [0, 0.05) is 19.9 Å². The molecular formula is C11H12BrNO5. The molecule has 2 heterocycles. The standard InChI is InChI=1S/C11H12BrNO5/c1-11(2)17-9(14)6(10(15)18-11)3-5-4-7(13)8(12)16-5/h3-4,7-8H,13H2,1-2H3. The van der Waals surface area contributed by atoms with Crippen molar-refractivity contribution in [2.24, 2.45) is 5.73 Å². The number of alkyl halides is 1. The maximum Gasteiger partial charge on any atom is 0.348 e. The molecule has 6 nitrogen and oxygen atoms in total. The third-order valence-electron chi connectivity index (χ3n) is 2.31. The summed E-state index contributed by atoms with van der Waals surface area (Å²) >= 11 is 3.20. The molecule has 18 heavy (non-hydrogen) atoms. The monoisotopic (exact) mass is 317 g/mol. The maximum absolute atomic E-state index is 11.7. The van der Waals surface area contributed by atoms with Crippen LogP contribution in [0.2, 0.25) is 0 Å². The fourth-order valence-electron chi connectivity index (χ4n) is 1.52. The minimum atomic E-state index is -1.25. The number of nitrogens with two attached hydrogens (primary N) is 1. The quantitative estimate of drug-likeness (QED) is 0.332. The molecular weight excluding hydrogens is 306 g/mol. The van der Waals surface area contributed by atoms with E-state index in [0.29, 0.717) is 5.76 Å². The highest BCUT2D eigenvalue weighted by atomic mass is 79.9. The highest BCUT2D eigenvalue weighted by Crippen LogP contribution is 2.27. The van der Waals surface area contributed by atoms with Gasteiger partial charge in [-0.25, -0.2) is 9.59 Å². The number of rotatable bonds is 1. The van der Waals surface area contributed by atoms with Crippen LogP contribution in [0, 0.1) is 0 Å². The summed E-state index contributed by atoms with van der Waals surface area (Å²) in [4.78, 5) is 23.3. The highest BCUT2D eigenvalue weighted by Gasteiger charge is 2.39. The van der Waals surface area contributed by atoms with Gasteiger partial charge in [-0.2, -0.15) is 0 Å². The van der Waals surface area contributed by atoms with Gasteiger partial charge in [0.15, 0.2) is 5.01 Å². The van der Waals surface area contributed by atoms with Crippen LogP contribution in [0.5, 0.6) is 0 Å². The van der Waals surface area contributed by atoms with Crippen LogP contribution in [0.3, 0.4) is 0 Å². The van der Waals surface area contributed by atoms with Crippen LogP contribution >= 0.6 is 15.9 Å². The van der Waals surface area contributed by atoms with Crippen molar-refractivity contribution in [1.29, 1.82) is 0 Å². The third-order valence-corrected chi connectivity index (χ3v) is 3.11. The minimum absolute atomic E-state index is 0.214. The number of hydrogen-bond donors (Lipinski definition) is 1. The number of cyclic esters (lactones) is 2. The first-order valence-corrected chi connectivity index (χ1v) is 6.16. The Labute approximate surface area is 112 Å². The van der Waals surface area contributed by atoms with Gasteiger partial charge in [0.25, 0.3) is 5.79 Å². The summed E-state index contributed by atoms with van der Waals surface area (Å²) < 4.78 is 15.2. The van der Waals surface area contributed by atoms with Crippen LogP contribution in [0.1, 0.15) is 13.8 Å². The minimum Gasteiger partial charge on any atom is -0.478 e. The second-order valence-corrected chi connectivity index (χ2v) is 5.25. The van der Waals surface area contributed by atoms with Crippen LogP contribution < -0.4 is 5.73 Å². The average molecular weight is 318 g/mol. The van der Waals surface area contributed by atoms with Crippen LogP contribution in [0.15, 0.2) is 23.5 Å². The molecule has 98 valence electrons. The van der Waals surface area contributed by atoms with Gasteiger partial charge < -0.3 is 19.9 Å². The zero-order valence-electron chi connectivity index (χ0n) is 9.81. The molecule has 2 aliphatic heterocycles. The van der Waals surface area contributed by atoms with Crippen molar-refractivity contribution in [3.63, 3.8) is 0 Å². The van der Waals surface area contributed by atoms with E-state index in [1.165, 1.54) is 19.9 Å². The molecule has 2 unspecified atom stereocenters. The maximum atomic E-state index is 11.7. The largest absolute Gasteiger partial charge is 0.478 e. The molecule has 1 saturated heterocycles. The Morgan fingerprint density at radius 3 is 2.33 bits per heavy atom. The van der Waals surface area contributed by atoms with Gasteiger partial charge in [-0.15, -0.1) is 0 Å². The predicted molar refractivity (Wildman–Crippen MR) is 64.2 cm³/mol. The van der Waals surface area contributed by atoms with Crippen LogP contribution in [0.4, 0.5) is 0 Å². The van der Waals surface area contributed by atoms with E-state index >= 15 is 0 Å². The van der Waals surface area contributed by atoms with E-state index in [0.717, 1.165) is 0 Å². The second kappa shape index (κ2) is 4.40.